The topological polar surface area (TPSA) is 39.2 Å². The number of thiazole rings is 1. The quantitative estimate of drug-likeness (QED) is 0.726. The number of carbonyl (C=O) groups excluding carboxylic acids is 1. The van der Waals surface area contributed by atoms with Crippen LogP contribution in [-0.4, -0.2) is 24.0 Å². The maximum absolute atomic E-state index is 11.7. The van der Waals surface area contributed by atoms with E-state index in [0.717, 1.165) is 17.7 Å². The Balaban J connectivity index is 2.47. The van der Waals surface area contributed by atoms with Crippen molar-refractivity contribution in [1.29, 1.82) is 0 Å². The van der Waals surface area contributed by atoms with E-state index < -0.39 is 0 Å². The standard InChI is InChI=1S/C10H15NO2S/c1-3-4-10(13-2)9(12)5-8-6-11-7-14-8/h6-7,10H,3-5H2,1-2H3. The van der Waals surface area contributed by atoms with Crippen molar-refractivity contribution in [3.05, 3.63) is 16.6 Å². The van der Waals surface area contributed by atoms with Gasteiger partial charge < -0.3 is 4.74 Å². The first kappa shape index (κ1) is 11.3. The fourth-order valence-corrected chi connectivity index (χ4v) is 1.89. The van der Waals surface area contributed by atoms with Gasteiger partial charge in [-0.2, -0.15) is 0 Å². The van der Waals surface area contributed by atoms with Gasteiger partial charge in [-0.05, 0) is 6.42 Å². The molecule has 4 heteroatoms. The summed E-state index contributed by atoms with van der Waals surface area (Å²) in [6, 6.07) is 0. The van der Waals surface area contributed by atoms with Crippen LogP contribution in [0.5, 0.6) is 0 Å². The van der Waals surface area contributed by atoms with Crippen LogP contribution < -0.4 is 0 Å². The van der Waals surface area contributed by atoms with E-state index in [1.165, 1.54) is 11.3 Å². The molecular formula is C10H15NO2S. The number of aromatic nitrogens is 1. The third-order valence-corrected chi connectivity index (χ3v) is 2.81. The largest absolute Gasteiger partial charge is 0.374 e. The number of hydrogen-bond donors (Lipinski definition) is 0. The van der Waals surface area contributed by atoms with Gasteiger partial charge in [-0.25, -0.2) is 0 Å². The lowest BCUT2D eigenvalue weighted by molar-refractivity contribution is -0.128. The molecule has 14 heavy (non-hydrogen) atoms. The van der Waals surface area contributed by atoms with Gasteiger partial charge in [0.2, 0.25) is 0 Å². The minimum Gasteiger partial charge on any atom is -0.374 e. The number of hydrogen-bond acceptors (Lipinski definition) is 4. The van der Waals surface area contributed by atoms with Crippen molar-refractivity contribution >= 4 is 17.1 Å². The second-order valence-corrected chi connectivity index (χ2v) is 4.09. The predicted molar refractivity (Wildman–Crippen MR) is 56.5 cm³/mol. The first-order valence-electron chi connectivity index (χ1n) is 4.70. The number of Topliss-reactive ketones (excluding diaryl/α,β-unsaturated/α-hetero) is 1. The summed E-state index contributed by atoms with van der Waals surface area (Å²) in [5.41, 5.74) is 1.74. The average Bonchev–Trinajstić information content (AvgIpc) is 2.66. The van der Waals surface area contributed by atoms with Crippen LogP contribution in [0.3, 0.4) is 0 Å². The molecule has 3 nitrogen and oxygen atoms in total. The van der Waals surface area contributed by atoms with E-state index in [-0.39, 0.29) is 11.9 Å². The smallest absolute Gasteiger partial charge is 0.166 e. The van der Waals surface area contributed by atoms with Crippen molar-refractivity contribution in [3.8, 4) is 0 Å². The van der Waals surface area contributed by atoms with Gasteiger partial charge in [0.15, 0.2) is 5.78 Å². The van der Waals surface area contributed by atoms with E-state index in [4.69, 9.17) is 4.74 Å². The minimum absolute atomic E-state index is 0.151. The molecule has 0 bridgehead atoms. The molecule has 78 valence electrons. The van der Waals surface area contributed by atoms with Gasteiger partial charge in [0.25, 0.3) is 0 Å². The first-order valence-corrected chi connectivity index (χ1v) is 5.58. The van der Waals surface area contributed by atoms with E-state index in [0.29, 0.717) is 6.42 Å². The lowest BCUT2D eigenvalue weighted by Gasteiger charge is -2.11. The second-order valence-electron chi connectivity index (χ2n) is 3.12. The maximum atomic E-state index is 11.7. The highest BCUT2D eigenvalue weighted by molar-refractivity contribution is 7.09. The summed E-state index contributed by atoms with van der Waals surface area (Å²) >= 11 is 1.51. The molecule has 0 saturated heterocycles. The van der Waals surface area contributed by atoms with Gasteiger partial charge in [-0.3, -0.25) is 9.78 Å². The monoisotopic (exact) mass is 213 g/mol. The van der Waals surface area contributed by atoms with Crippen molar-refractivity contribution in [2.24, 2.45) is 0 Å². The molecule has 0 radical (unpaired) electrons. The molecule has 1 aromatic heterocycles. The van der Waals surface area contributed by atoms with Crippen LogP contribution in [0.15, 0.2) is 11.7 Å². The Morgan fingerprint density at radius 1 is 1.71 bits per heavy atom. The Morgan fingerprint density at radius 2 is 2.50 bits per heavy atom. The Kier molecular flexibility index (Phi) is 4.76. The first-order chi connectivity index (χ1) is 6.77. The van der Waals surface area contributed by atoms with Crippen LogP contribution >= 0.6 is 11.3 Å². The SMILES string of the molecule is CCCC(OC)C(=O)Cc1cncs1. The van der Waals surface area contributed by atoms with Crippen LogP contribution in [0.4, 0.5) is 0 Å². The fraction of sp³-hybridized carbons (Fsp3) is 0.600. The number of ketones is 1. The number of ether oxygens (including phenoxy) is 1. The van der Waals surface area contributed by atoms with Crippen LogP contribution in [0.2, 0.25) is 0 Å². The molecule has 0 aromatic carbocycles. The van der Waals surface area contributed by atoms with Crippen LogP contribution in [0.25, 0.3) is 0 Å². The molecule has 0 aliphatic heterocycles. The second kappa shape index (κ2) is 5.88. The Morgan fingerprint density at radius 3 is 3.00 bits per heavy atom. The van der Waals surface area contributed by atoms with Gasteiger partial charge in [-0.15, -0.1) is 11.3 Å². The van der Waals surface area contributed by atoms with Crippen LogP contribution in [0, 0.1) is 0 Å². The van der Waals surface area contributed by atoms with Gasteiger partial charge in [0.05, 0.1) is 5.51 Å². The molecule has 0 fully saturated rings. The van der Waals surface area contributed by atoms with Crippen molar-refractivity contribution in [1.82, 2.24) is 4.98 Å². The van der Waals surface area contributed by atoms with Crippen molar-refractivity contribution in [2.75, 3.05) is 7.11 Å². The predicted octanol–water partition coefficient (Wildman–Crippen LogP) is 2.07. The molecule has 0 spiro atoms. The maximum Gasteiger partial charge on any atom is 0.166 e. The highest BCUT2D eigenvalue weighted by atomic mass is 32.1. The van der Waals surface area contributed by atoms with Gasteiger partial charge in [0, 0.05) is 24.6 Å². The Bertz CT molecular complexity index is 272. The molecule has 1 heterocycles. The number of rotatable bonds is 6. The van der Waals surface area contributed by atoms with Crippen LogP contribution in [-0.2, 0) is 16.0 Å². The molecule has 1 aromatic rings. The summed E-state index contributed by atoms with van der Waals surface area (Å²) < 4.78 is 5.14. The molecule has 0 aliphatic carbocycles. The average molecular weight is 213 g/mol. The summed E-state index contributed by atoms with van der Waals surface area (Å²) in [5.74, 6) is 0.151. The zero-order chi connectivity index (χ0) is 10.4. The summed E-state index contributed by atoms with van der Waals surface area (Å²) in [6.07, 6.45) is 3.70. The van der Waals surface area contributed by atoms with E-state index in [1.807, 2.05) is 6.92 Å². The molecule has 0 N–H and O–H groups in total. The van der Waals surface area contributed by atoms with Crippen molar-refractivity contribution in [2.45, 2.75) is 32.3 Å². The van der Waals surface area contributed by atoms with Gasteiger partial charge >= 0.3 is 0 Å². The number of nitrogens with zero attached hydrogens (tertiary/aromatic N) is 1. The normalized spacial score (nSPS) is 12.7. The summed E-state index contributed by atoms with van der Waals surface area (Å²) in [4.78, 5) is 16.6. The molecule has 0 amide bonds. The molecular weight excluding hydrogens is 198 g/mol. The summed E-state index contributed by atoms with van der Waals surface area (Å²) in [5, 5.41) is 0. The zero-order valence-corrected chi connectivity index (χ0v) is 9.34. The lowest BCUT2D eigenvalue weighted by atomic mass is 10.1. The van der Waals surface area contributed by atoms with E-state index in [2.05, 4.69) is 4.98 Å². The minimum atomic E-state index is -0.248. The zero-order valence-electron chi connectivity index (χ0n) is 8.53. The summed E-state index contributed by atoms with van der Waals surface area (Å²) in [6.45, 7) is 2.05. The fourth-order valence-electron chi connectivity index (χ4n) is 1.29. The highest BCUT2D eigenvalue weighted by Gasteiger charge is 2.17. The molecule has 0 aliphatic rings. The lowest BCUT2D eigenvalue weighted by Crippen LogP contribution is -2.24. The van der Waals surface area contributed by atoms with E-state index >= 15 is 0 Å². The number of methoxy groups -OCH3 is 1. The molecule has 1 atom stereocenters. The van der Waals surface area contributed by atoms with E-state index in [1.54, 1.807) is 18.8 Å². The Hall–Kier alpha value is -0.740. The van der Waals surface area contributed by atoms with Crippen LogP contribution in [0.1, 0.15) is 24.6 Å². The van der Waals surface area contributed by atoms with Gasteiger partial charge in [-0.1, -0.05) is 13.3 Å². The van der Waals surface area contributed by atoms with Crippen molar-refractivity contribution in [3.63, 3.8) is 0 Å². The van der Waals surface area contributed by atoms with E-state index in [9.17, 15) is 4.79 Å². The van der Waals surface area contributed by atoms with Crippen molar-refractivity contribution < 1.29 is 9.53 Å². The third-order valence-electron chi connectivity index (χ3n) is 2.03. The van der Waals surface area contributed by atoms with Gasteiger partial charge in [0.1, 0.15) is 6.10 Å². The molecule has 1 unspecified atom stereocenters. The molecule has 0 saturated carbocycles. The number of carbonyl (C=O) groups is 1. The highest BCUT2D eigenvalue weighted by Crippen LogP contribution is 2.11. The molecule has 1 rings (SSSR count). The third kappa shape index (κ3) is 3.20. The Labute approximate surface area is 88.1 Å². The summed E-state index contributed by atoms with van der Waals surface area (Å²) in [7, 11) is 1.59.